The van der Waals surface area contributed by atoms with Gasteiger partial charge in [0.15, 0.2) is 0 Å². The zero-order valence-electron chi connectivity index (χ0n) is 19.2. The predicted octanol–water partition coefficient (Wildman–Crippen LogP) is 6.91. The summed E-state index contributed by atoms with van der Waals surface area (Å²) < 4.78 is 82.2. The molecule has 0 spiro atoms. The van der Waals surface area contributed by atoms with Gasteiger partial charge >= 0.3 is 12.4 Å². The summed E-state index contributed by atoms with van der Waals surface area (Å²) >= 11 is 0. The van der Waals surface area contributed by atoms with Crippen molar-refractivity contribution in [1.29, 1.82) is 0 Å². The van der Waals surface area contributed by atoms with E-state index in [2.05, 4.69) is 11.6 Å². The van der Waals surface area contributed by atoms with Crippen molar-refractivity contribution in [3.05, 3.63) is 84.1 Å². The lowest BCUT2D eigenvalue weighted by Gasteiger charge is -2.57. The van der Waals surface area contributed by atoms with E-state index in [0.717, 1.165) is 12.1 Å². The average molecular weight is 507 g/mol. The highest BCUT2D eigenvalue weighted by Gasteiger charge is 2.56. The molecule has 0 saturated carbocycles. The maximum absolute atomic E-state index is 13.7. The first-order valence-electron chi connectivity index (χ1n) is 11.7. The second-order valence-corrected chi connectivity index (χ2v) is 9.82. The summed E-state index contributed by atoms with van der Waals surface area (Å²) in [4.78, 5) is 4.32. The Balaban J connectivity index is 1.70. The molecule has 0 radical (unpaired) electrons. The highest BCUT2D eigenvalue weighted by Crippen LogP contribution is 2.51. The minimum Gasteiger partial charge on any atom is -0.382 e. The molecular weight excluding hydrogens is 482 g/mol. The normalized spacial score (nSPS) is 27.2. The summed E-state index contributed by atoms with van der Waals surface area (Å²) in [6.45, 7) is 4.48. The lowest BCUT2D eigenvalue weighted by Crippen LogP contribution is -2.69. The molecule has 3 nitrogen and oxygen atoms in total. The van der Waals surface area contributed by atoms with Crippen LogP contribution in [0.2, 0.25) is 0 Å². The van der Waals surface area contributed by atoms with Crippen molar-refractivity contribution in [3.8, 4) is 0 Å². The summed E-state index contributed by atoms with van der Waals surface area (Å²) in [7, 11) is 0. The van der Waals surface area contributed by atoms with Gasteiger partial charge in [0.2, 0.25) is 0 Å². The Kier molecular flexibility index (Phi) is 5.91. The van der Waals surface area contributed by atoms with Gasteiger partial charge in [-0.05, 0) is 29.7 Å². The van der Waals surface area contributed by atoms with Gasteiger partial charge in [-0.1, -0.05) is 24.3 Å². The third-order valence-electron chi connectivity index (χ3n) is 7.98. The molecule has 6 rings (SSSR count). The molecule has 0 amide bonds. The molecular formula is C27H25F6N2O+. The first-order chi connectivity index (χ1) is 16.9. The summed E-state index contributed by atoms with van der Waals surface area (Å²) in [6, 6.07) is 10.1. The van der Waals surface area contributed by atoms with Crippen LogP contribution >= 0.6 is 0 Å². The van der Waals surface area contributed by atoms with Crippen molar-refractivity contribution in [3.63, 3.8) is 0 Å². The molecule has 3 aromatic rings. The monoisotopic (exact) mass is 507 g/mol. The molecule has 9 heteroatoms. The van der Waals surface area contributed by atoms with Gasteiger partial charge in [-0.15, -0.1) is 6.58 Å². The Labute approximate surface area is 204 Å². The van der Waals surface area contributed by atoms with E-state index in [1.807, 2.05) is 6.07 Å². The van der Waals surface area contributed by atoms with Crippen LogP contribution in [0.3, 0.4) is 0 Å². The lowest BCUT2D eigenvalue weighted by molar-refractivity contribution is -0.143. The number of rotatable bonds is 4. The second kappa shape index (κ2) is 8.59. The van der Waals surface area contributed by atoms with E-state index >= 15 is 0 Å². The van der Waals surface area contributed by atoms with Crippen molar-refractivity contribution in [2.45, 2.75) is 37.3 Å². The molecule has 36 heavy (non-hydrogen) atoms. The average Bonchev–Trinajstić information content (AvgIpc) is 2.86. The molecule has 1 aromatic heterocycles. The minimum atomic E-state index is -4.95. The molecule has 5 atom stereocenters. The highest BCUT2D eigenvalue weighted by molar-refractivity contribution is 5.82. The first-order valence-corrected chi connectivity index (χ1v) is 11.7. The first kappa shape index (κ1) is 24.8. The van der Waals surface area contributed by atoms with Crippen LogP contribution in [0.15, 0.2) is 67.4 Å². The number of benzene rings is 2. The van der Waals surface area contributed by atoms with Gasteiger partial charge in [0.05, 0.1) is 29.7 Å². The van der Waals surface area contributed by atoms with Gasteiger partial charge in [-0.2, -0.15) is 26.3 Å². The number of aliphatic hydroxyl groups is 1. The molecule has 2 bridgehead atoms. The van der Waals surface area contributed by atoms with Crippen LogP contribution in [0.5, 0.6) is 0 Å². The Bertz CT molecular complexity index is 1270. The van der Waals surface area contributed by atoms with Crippen LogP contribution in [0.1, 0.15) is 35.6 Å². The number of aliphatic hydroxyl groups excluding tert-OH is 1. The summed E-state index contributed by atoms with van der Waals surface area (Å²) in [5.74, 6) is 0.0587. The Hall–Kier alpha value is -2.91. The van der Waals surface area contributed by atoms with E-state index in [1.165, 1.54) is 0 Å². The molecule has 0 aliphatic carbocycles. The molecule has 3 saturated heterocycles. The molecule has 3 aliphatic rings. The van der Waals surface area contributed by atoms with Gasteiger partial charge < -0.3 is 5.11 Å². The van der Waals surface area contributed by atoms with Gasteiger partial charge in [-0.25, -0.2) is 0 Å². The lowest BCUT2D eigenvalue weighted by atomic mass is 9.70. The number of hydrogen-bond donors (Lipinski definition) is 1. The Morgan fingerprint density at radius 3 is 2.31 bits per heavy atom. The van der Waals surface area contributed by atoms with E-state index < -0.39 is 35.6 Å². The van der Waals surface area contributed by atoms with Crippen LogP contribution in [0.25, 0.3) is 10.9 Å². The van der Waals surface area contributed by atoms with E-state index in [0.29, 0.717) is 35.9 Å². The number of quaternary nitrogens is 1. The number of pyridine rings is 1. The zero-order valence-corrected chi connectivity index (χ0v) is 19.2. The SMILES string of the molecule is C=C[C@H]1C[N@+]2(c3cc(C(F)(F)F)cc(C(F)(F)F)c3)CC[C@H]1C[C@@H]2[C@@H](O)c1ccnc2ccccc12. The molecule has 1 N–H and O–H groups in total. The number of alkyl halides is 6. The van der Waals surface area contributed by atoms with E-state index in [1.54, 1.807) is 36.5 Å². The fraction of sp³-hybridized carbons (Fsp3) is 0.370. The number of hydrogen-bond acceptors (Lipinski definition) is 2. The Morgan fingerprint density at radius 1 is 1.00 bits per heavy atom. The maximum atomic E-state index is 13.7. The Morgan fingerprint density at radius 2 is 1.67 bits per heavy atom. The van der Waals surface area contributed by atoms with Crippen molar-refractivity contribution >= 4 is 16.6 Å². The molecule has 190 valence electrons. The van der Waals surface area contributed by atoms with Gasteiger partial charge in [0, 0.05) is 42.5 Å². The number of aromatic nitrogens is 1. The van der Waals surface area contributed by atoms with Crippen molar-refractivity contribution in [1.82, 2.24) is 9.47 Å². The predicted molar refractivity (Wildman–Crippen MR) is 125 cm³/mol. The third-order valence-corrected chi connectivity index (χ3v) is 7.98. The van der Waals surface area contributed by atoms with Gasteiger partial charge in [-0.3, -0.25) is 9.47 Å². The van der Waals surface area contributed by atoms with Crippen molar-refractivity contribution < 1.29 is 31.4 Å². The van der Waals surface area contributed by atoms with Crippen molar-refractivity contribution in [2.24, 2.45) is 11.8 Å². The van der Waals surface area contributed by atoms with E-state index in [9.17, 15) is 31.4 Å². The minimum absolute atomic E-state index is 0.0791. The fourth-order valence-electron chi connectivity index (χ4n) is 6.20. The summed E-state index contributed by atoms with van der Waals surface area (Å²) in [6.07, 6.45) is -6.65. The topological polar surface area (TPSA) is 33.1 Å². The molecule has 2 aromatic carbocycles. The molecule has 0 unspecified atom stereocenters. The molecule has 4 heterocycles. The van der Waals surface area contributed by atoms with Crippen LogP contribution in [0.4, 0.5) is 32.0 Å². The van der Waals surface area contributed by atoms with Crippen LogP contribution in [-0.2, 0) is 12.4 Å². The van der Waals surface area contributed by atoms with E-state index in [-0.39, 0.29) is 34.6 Å². The number of fused-ring (bicyclic) bond motifs is 4. The number of halogens is 6. The highest BCUT2D eigenvalue weighted by atomic mass is 19.4. The number of nitrogens with zero attached hydrogens (tertiary/aromatic N) is 2. The quantitative estimate of drug-likeness (QED) is 0.237. The van der Waals surface area contributed by atoms with Gasteiger partial charge in [0.25, 0.3) is 0 Å². The largest absolute Gasteiger partial charge is 0.416 e. The third kappa shape index (κ3) is 4.08. The summed E-state index contributed by atoms with van der Waals surface area (Å²) in [5, 5.41) is 12.4. The number of para-hydroxylation sites is 1. The van der Waals surface area contributed by atoms with Gasteiger partial charge in [0.1, 0.15) is 17.8 Å². The van der Waals surface area contributed by atoms with Crippen LogP contribution in [-0.4, -0.2) is 29.2 Å². The van der Waals surface area contributed by atoms with Crippen LogP contribution in [0, 0.1) is 11.8 Å². The smallest absolute Gasteiger partial charge is 0.382 e. The zero-order chi connectivity index (χ0) is 25.9. The van der Waals surface area contributed by atoms with E-state index in [4.69, 9.17) is 0 Å². The number of piperidine rings is 3. The van der Waals surface area contributed by atoms with Crippen LogP contribution < -0.4 is 4.48 Å². The summed E-state index contributed by atoms with van der Waals surface area (Å²) in [5.41, 5.74) is -1.55. The molecule has 3 fully saturated rings. The maximum Gasteiger partial charge on any atom is 0.416 e. The fourth-order valence-corrected chi connectivity index (χ4v) is 6.20. The van der Waals surface area contributed by atoms with Crippen molar-refractivity contribution in [2.75, 3.05) is 13.1 Å². The standard InChI is InChI=1S/C27H25F6N2O/c1-2-16-15-35(20-13-18(26(28,29)30)12-19(14-20)27(31,32)33)10-8-17(16)11-24(35)25(36)22-7-9-34-23-6-4-3-5-21(22)23/h2-7,9,12-14,16-17,24-25,36H,1,8,10-11,15H2/q+1/t16-,17-,24+,25-,35-/m0/s1. The molecule has 3 aliphatic heterocycles. The second-order valence-electron chi connectivity index (χ2n) is 9.82.